The number of carbonyl (C=O) groups is 1. The summed E-state index contributed by atoms with van der Waals surface area (Å²) in [5, 5.41) is 6.58. The zero-order chi connectivity index (χ0) is 26.7. The first-order valence-corrected chi connectivity index (χ1v) is 13.6. The number of halogens is 2. The molecule has 0 bridgehead atoms. The summed E-state index contributed by atoms with van der Waals surface area (Å²) in [7, 11) is 3.33. The van der Waals surface area contributed by atoms with Gasteiger partial charge in [-0.3, -0.25) is 9.88 Å². The third kappa shape index (κ3) is 5.28. The molecule has 1 aromatic heterocycles. The fraction of sp³-hybridized carbons (Fsp3) is 0.379. The maximum Gasteiger partial charge on any atom is 0.319 e. The molecule has 3 atom stereocenters. The Bertz CT molecular complexity index is 1270. The van der Waals surface area contributed by atoms with Crippen molar-refractivity contribution in [1.82, 2.24) is 15.2 Å². The molecule has 1 aliphatic carbocycles. The van der Waals surface area contributed by atoms with Crippen LogP contribution in [-0.4, -0.2) is 48.8 Å². The van der Waals surface area contributed by atoms with Crippen LogP contribution >= 0.6 is 23.2 Å². The summed E-state index contributed by atoms with van der Waals surface area (Å²) in [4.78, 5) is 19.5. The minimum absolute atomic E-state index is 0.00373. The lowest BCUT2D eigenvalue weighted by Crippen LogP contribution is -2.52. The van der Waals surface area contributed by atoms with Crippen molar-refractivity contribution in [2.75, 3.05) is 26.1 Å². The number of methoxy groups -OCH3 is 2. The second-order valence-corrected chi connectivity index (χ2v) is 10.8. The van der Waals surface area contributed by atoms with Crippen LogP contribution in [0.15, 0.2) is 60.9 Å². The van der Waals surface area contributed by atoms with E-state index in [2.05, 4.69) is 56.9 Å². The van der Waals surface area contributed by atoms with E-state index in [4.69, 9.17) is 32.7 Å². The number of ether oxygens (including phenoxy) is 2. The Morgan fingerprint density at radius 1 is 1.05 bits per heavy atom. The number of benzene rings is 2. The Hall–Kier alpha value is -3.00. The zero-order valence-corrected chi connectivity index (χ0v) is 23.1. The van der Waals surface area contributed by atoms with Gasteiger partial charge in [0.2, 0.25) is 0 Å². The van der Waals surface area contributed by atoms with Gasteiger partial charge in [-0.05, 0) is 55.5 Å². The number of nitrogens with one attached hydrogen (secondary N) is 2. The lowest BCUT2D eigenvalue weighted by molar-refractivity contribution is 0.131. The standard InChI is InChI=1S/C29H32Cl2N4O3/c1-37-24-9-8-20(14-25(24)38-2)29-11-10-21(33-28(36)34-27-22(30)16-32-17-23(27)31)15-26(29)35(13-12-29)18-19-6-4-3-5-7-19/h3-9,14,16-17,21,26H,10-13,15,18H2,1-2H3,(H2,32,33,34,36)/t21-,26+,29-/m0/s1. The summed E-state index contributed by atoms with van der Waals surface area (Å²) in [5.74, 6) is 1.47. The maximum atomic E-state index is 12.9. The highest BCUT2D eigenvalue weighted by Gasteiger charge is 2.51. The number of urea groups is 1. The average Bonchev–Trinajstić information content (AvgIpc) is 3.29. The lowest BCUT2D eigenvalue weighted by atomic mass is 9.65. The van der Waals surface area contributed by atoms with E-state index in [1.165, 1.54) is 23.5 Å². The largest absolute Gasteiger partial charge is 0.493 e. The molecule has 2 aromatic carbocycles. The summed E-state index contributed by atoms with van der Waals surface area (Å²) in [6.07, 6.45) is 6.59. The number of carbonyl (C=O) groups excluding carboxylic acids is 1. The topological polar surface area (TPSA) is 75.7 Å². The van der Waals surface area contributed by atoms with Gasteiger partial charge >= 0.3 is 6.03 Å². The van der Waals surface area contributed by atoms with Gasteiger partial charge in [0.25, 0.3) is 0 Å². The molecule has 0 spiro atoms. The summed E-state index contributed by atoms with van der Waals surface area (Å²) >= 11 is 12.4. The highest BCUT2D eigenvalue weighted by atomic mass is 35.5. The van der Waals surface area contributed by atoms with Crippen molar-refractivity contribution in [3.05, 3.63) is 82.1 Å². The van der Waals surface area contributed by atoms with Crippen LogP contribution in [-0.2, 0) is 12.0 Å². The number of fused-ring (bicyclic) bond motifs is 1. The molecule has 2 aliphatic rings. The molecule has 9 heteroatoms. The van der Waals surface area contributed by atoms with Gasteiger partial charge < -0.3 is 20.1 Å². The first kappa shape index (κ1) is 26.6. The first-order valence-electron chi connectivity index (χ1n) is 12.8. The van der Waals surface area contributed by atoms with E-state index < -0.39 is 0 Å². The number of hydrogen-bond acceptors (Lipinski definition) is 5. The molecule has 2 heterocycles. The highest BCUT2D eigenvalue weighted by Crippen LogP contribution is 2.50. The maximum absolute atomic E-state index is 12.9. The molecule has 7 nitrogen and oxygen atoms in total. The van der Waals surface area contributed by atoms with Gasteiger partial charge in [0.1, 0.15) is 0 Å². The fourth-order valence-corrected chi connectivity index (χ4v) is 6.59. The Kier molecular flexibility index (Phi) is 7.98. The van der Waals surface area contributed by atoms with Gasteiger partial charge in [-0.25, -0.2) is 4.79 Å². The molecule has 200 valence electrons. The van der Waals surface area contributed by atoms with Gasteiger partial charge in [-0.2, -0.15) is 0 Å². The van der Waals surface area contributed by atoms with E-state index in [0.29, 0.717) is 15.7 Å². The minimum atomic E-state index is -0.323. The monoisotopic (exact) mass is 554 g/mol. The van der Waals surface area contributed by atoms with Crippen LogP contribution < -0.4 is 20.1 Å². The third-order valence-electron chi connectivity index (χ3n) is 7.98. The molecule has 2 N–H and O–H groups in total. The van der Waals surface area contributed by atoms with E-state index in [1.54, 1.807) is 14.2 Å². The van der Waals surface area contributed by atoms with Crippen molar-refractivity contribution in [2.24, 2.45) is 0 Å². The number of anilines is 1. The van der Waals surface area contributed by atoms with Crippen LogP contribution in [0.25, 0.3) is 0 Å². The molecular weight excluding hydrogens is 523 g/mol. The summed E-state index contributed by atoms with van der Waals surface area (Å²) in [6.45, 7) is 1.84. The van der Waals surface area contributed by atoms with Crippen LogP contribution in [0.2, 0.25) is 10.0 Å². The third-order valence-corrected chi connectivity index (χ3v) is 8.56. The van der Waals surface area contributed by atoms with E-state index >= 15 is 0 Å². The molecule has 3 aromatic rings. The van der Waals surface area contributed by atoms with Crippen molar-refractivity contribution < 1.29 is 14.3 Å². The Labute approximate surface area is 233 Å². The second-order valence-electron chi connectivity index (χ2n) is 10.00. The van der Waals surface area contributed by atoms with Gasteiger partial charge in [0.15, 0.2) is 11.5 Å². The van der Waals surface area contributed by atoms with Crippen molar-refractivity contribution >= 4 is 34.9 Å². The van der Waals surface area contributed by atoms with Crippen LogP contribution in [0.1, 0.15) is 36.8 Å². The number of nitrogens with zero attached hydrogens (tertiary/aromatic N) is 2. The van der Waals surface area contributed by atoms with E-state index in [0.717, 1.165) is 50.3 Å². The predicted octanol–water partition coefficient (Wildman–Crippen LogP) is 6.29. The van der Waals surface area contributed by atoms with E-state index in [-0.39, 0.29) is 23.5 Å². The molecule has 1 aliphatic heterocycles. The first-order chi connectivity index (χ1) is 18.4. The smallest absolute Gasteiger partial charge is 0.319 e. The second kappa shape index (κ2) is 11.4. The van der Waals surface area contributed by atoms with Crippen LogP contribution in [0.5, 0.6) is 11.5 Å². The molecular formula is C29H32Cl2N4O3. The van der Waals surface area contributed by atoms with Crippen molar-refractivity contribution in [1.29, 1.82) is 0 Å². The van der Waals surface area contributed by atoms with Gasteiger partial charge in [-0.15, -0.1) is 0 Å². The zero-order valence-electron chi connectivity index (χ0n) is 21.5. The molecule has 2 fully saturated rings. The van der Waals surface area contributed by atoms with Crippen molar-refractivity contribution in [2.45, 2.75) is 49.7 Å². The van der Waals surface area contributed by atoms with E-state index in [9.17, 15) is 4.79 Å². The molecule has 1 saturated carbocycles. The number of aromatic nitrogens is 1. The quantitative estimate of drug-likeness (QED) is 0.358. The molecule has 5 rings (SSSR count). The predicted molar refractivity (Wildman–Crippen MR) is 151 cm³/mol. The molecule has 38 heavy (non-hydrogen) atoms. The Morgan fingerprint density at radius 2 is 1.79 bits per heavy atom. The molecule has 1 saturated heterocycles. The van der Waals surface area contributed by atoms with E-state index in [1.807, 2.05) is 12.1 Å². The number of rotatable bonds is 7. The highest BCUT2D eigenvalue weighted by molar-refractivity contribution is 6.39. The average molecular weight is 556 g/mol. The van der Waals surface area contributed by atoms with Gasteiger partial charge in [0.05, 0.1) is 30.0 Å². The Balaban J connectivity index is 1.39. The fourth-order valence-electron chi connectivity index (χ4n) is 6.13. The van der Waals surface area contributed by atoms with Crippen LogP contribution in [0, 0.1) is 0 Å². The molecule has 0 unspecified atom stereocenters. The van der Waals surface area contributed by atoms with Crippen molar-refractivity contribution in [3.8, 4) is 11.5 Å². The summed E-state index contributed by atoms with van der Waals surface area (Å²) < 4.78 is 11.2. The lowest BCUT2D eigenvalue weighted by Gasteiger charge is -2.45. The SMILES string of the molecule is COc1ccc([C@@]23CC[C@H](NC(=O)Nc4c(Cl)cncc4Cl)C[C@H]2N(Cc2ccccc2)CC3)cc1OC. The summed E-state index contributed by atoms with van der Waals surface area (Å²) in [5.41, 5.74) is 2.86. The molecule has 2 amide bonds. The minimum Gasteiger partial charge on any atom is -0.493 e. The van der Waals surface area contributed by atoms with Crippen LogP contribution in [0.3, 0.4) is 0 Å². The number of pyridine rings is 1. The Morgan fingerprint density at radius 3 is 2.50 bits per heavy atom. The normalized spacial score (nSPS) is 22.9. The number of hydrogen-bond donors (Lipinski definition) is 2. The number of amides is 2. The van der Waals surface area contributed by atoms with Gasteiger partial charge in [-0.1, -0.05) is 59.6 Å². The molecule has 0 radical (unpaired) electrons. The van der Waals surface area contributed by atoms with Gasteiger partial charge in [0, 0.05) is 36.4 Å². The number of likely N-dealkylation sites (tertiary alicyclic amines) is 1. The summed E-state index contributed by atoms with van der Waals surface area (Å²) in [6, 6.07) is 16.8. The van der Waals surface area contributed by atoms with Crippen molar-refractivity contribution in [3.63, 3.8) is 0 Å². The van der Waals surface area contributed by atoms with Crippen LogP contribution in [0.4, 0.5) is 10.5 Å².